The predicted octanol–water partition coefficient (Wildman–Crippen LogP) is 3.76. The number of amides is 3. The minimum Gasteiger partial charge on any atom is -0.323 e. The van der Waals surface area contributed by atoms with Crippen LogP contribution in [0.15, 0.2) is 18.2 Å². The Kier molecular flexibility index (Phi) is 6.97. The molecule has 25 heavy (non-hydrogen) atoms. The number of carbonyl (C=O) groups excluding carboxylic acids is 2. The van der Waals surface area contributed by atoms with Crippen LogP contribution in [0, 0.1) is 0 Å². The van der Waals surface area contributed by atoms with Crippen LogP contribution in [0.5, 0.6) is 0 Å². The van der Waals surface area contributed by atoms with E-state index in [1.807, 2.05) is 12.1 Å². The third-order valence-electron chi connectivity index (χ3n) is 4.79. The number of carbonyl (C=O) groups is 2. The third-order valence-corrected chi connectivity index (χ3v) is 5.64. The van der Waals surface area contributed by atoms with E-state index in [0.29, 0.717) is 36.1 Å². The highest BCUT2D eigenvalue weighted by molar-refractivity contribution is 6.42. The summed E-state index contributed by atoms with van der Waals surface area (Å²) in [6.45, 7) is 1.72. The van der Waals surface area contributed by atoms with Gasteiger partial charge in [0.1, 0.15) is 5.54 Å². The van der Waals surface area contributed by atoms with Gasteiger partial charge in [-0.25, -0.2) is 4.79 Å². The van der Waals surface area contributed by atoms with Crippen molar-refractivity contribution in [3.63, 3.8) is 0 Å². The number of halogens is 3. The maximum absolute atomic E-state index is 12.5. The topological polar surface area (TPSA) is 61.4 Å². The summed E-state index contributed by atoms with van der Waals surface area (Å²) in [5, 5.41) is 7.26. The van der Waals surface area contributed by atoms with Gasteiger partial charge in [0.15, 0.2) is 0 Å². The first-order valence-electron chi connectivity index (χ1n) is 8.31. The van der Waals surface area contributed by atoms with Crippen LogP contribution in [0.4, 0.5) is 4.79 Å². The minimum absolute atomic E-state index is 0. The highest BCUT2D eigenvalue weighted by Crippen LogP contribution is 2.35. The molecule has 5 nitrogen and oxygen atoms in total. The Morgan fingerprint density at radius 3 is 2.64 bits per heavy atom. The summed E-state index contributed by atoms with van der Waals surface area (Å²) in [7, 11) is 0. The molecular weight excluding hydrogens is 385 g/mol. The van der Waals surface area contributed by atoms with Crippen LogP contribution in [0.3, 0.4) is 0 Å². The molecule has 1 aliphatic heterocycles. The maximum Gasteiger partial charge on any atom is 0.325 e. The van der Waals surface area contributed by atoms with E-state index in [-0.39, 0.29) is 24.3 Å². The molecule has 0 atom stereocenters. The van der Waals surface area contributed by atoms with Crippen molar-refractivity contribution in [2.45, 2.75) is 44.2 Å². The van der Waals surface area contributed by atoms with Crippen LogP contribution in [-0.4, -0.2) is 35.5 Å². The molecule has 1 heterocycles. The molecule has 1 aromatic carbocycles. The summed E-state index contributed by atoms with van der Waals surface area (Å²) in [6.07, 6.45) is 4.23. The molecule has 0 bridgehead atoms. The lowest BCUT2D eigenvalue weighted by Crippen LogP contribution is -2.44. The zero-order chi connectivity index (χ0) is 17.2. The van der Waals surface area contributed by atoms with Crippen molar-refractivity contribution in [2.24, 2.45) is 0 Å². The number of urea groups is 1. The SMILES string of the molecule is Cl.O=C1NC2(CCCC2)C(=O)N1CCCNCc1cccc(Cl)c1Cl. The first-order chi connectivity index (χ1) is 11.5. The lowest BCUT2D eigenvalue weighted by Gasteiger charge is -2.20. The van der Waals surface area contributed by atoms with Crippen molar-refractivity contribution >= 4 is 47.5 Å². The van der Waals surface area contributed by atoms with E-state index in [1.54, 1.807) is 6.07 Å². The molecule has 1 aliphatic carbocycles. The largest absolute Gasteiger partial charge is 0.325 e. The molecule has 2 aliphatic rings. The zero-order valence-electron chi connectivity index (χ0n) is 13.8. The van der Waals surface area contributed by atoms with Gasteiger partial charge < -0.3 is 10.6 Å². The quantitative estimate of drug-likeness (QED) is 0.558. The smallest absolute Gasteiger partial charge is 0.323 e. The Balaban J connectivity index is 0.00000225. The molecule has 138 valence electrons. The molecule has 0 aromatic heterocycles. The summed E-state index contributed by atoms with van der Waals surface area (Å²) in [5.74, 6) is -0.0529. The molecule has 8 heteroatoms. The molecule has 1 saturated carbocycles. The van der Waals surface area contributed by atoms with Crippen molar-refractivity contribution < 1.29 is 9.59 Å². The fourth-order valence-corrected chi connectivity index (χ4v) is 3.85. The van der Waals surface area contributed by atoms with Gasteiger partial charge in [-0.1, -0.05) is 48.2 Å². The first-order valence-corrected chi connectivity index (χ1v) is 9.07. The Labute approximate surface area is 163 Å². The molecule has 3 rings (SSSR count). The first kappa shape index (κ1) is 20.3. The lowest BCUT2D eigenvalue weighted by molar-refractivity contribution is -0.131. The third kappa shape index (κ3) is 4.22. The number of nitrogens with zero attached hydrogens (tertiary/aromatic N) is 1. The van der Waals surface area contributed by atoms with E-state index in [2.05, 4.69) is 10.6 Å². The normalized spacial score (nSPS) is 18.6. The Hall–Kier alpha value is -1.01. The minimum atomic E-state index is -0.612. The number of imide groups is 1. The zero-order valence-corrected chi connectivity index (χ0v) is 16.1. The molecule has 0 unspecified atom stereocenters. The summed E-state index contributed by atoms with van der Waals surface area (Å²) in [5.41, 5.74) is 0.322. The Morgan fingerprint density at radius 2 is 1.92 bits per heavy atom. The average Bonchev–Trinajstić information content (AvgIpc) is 3.11. The van der Waals surface area contributed by atoms with E-state index in [9.17, 15) is 9.59 Å². The maximum atomic E-state index is 12.5. The number of benzene rings is 1. The van der Waals surface area contributed by atoms with E-state index >= 15 is 0 Å². The van der Waals surface area contributed by atoms with Crippen LogP contribution < -0.4 is 10.6 Å². The van der Waals surface area contributed by atoms with Crippen LogP contribution in [-0.2, 0) is 11.3 Å². The highest BCUT2D eigenvalue weighted by Gasteiger charge is 2.51. The van der Waals surface area contributed by atoms with Gasteiger partial charge in [0.05, 0.1) is 10.0 Å². The highest BCUT2D eigenvalue weighted by atomic mass is 35.5. The van der Waals surface area contributed by atoms with Crippen molar-refractivity contribution in [3.05, 3.63) is 33.8 Å². The van der Waals surface area contributed by atoms with Crippen molar-refractivity contribution in [1.29, 1.82) is 0 Å². The predicted molar refractivity (Wildman–Crippen MR) is 101 cm³/mol. The summed E-state index contributed by atoms with van der Waals surface area (Å²) in [4.78, 5) is 25.9. The molecule has 2 N–H and O–H groups in total. The molecular formula is C17H22Cl3N3O2. The van der Waals surface area contributed by atoms with E-state index in [4.69, 9.17) is 23.2 Å². The summed E-state index contributed by atoms with van der Waals surface area (Å²) < 4.78 is 0. The van der Waals surface area contributed by atoms with Gasteiger partial charge in [0.2, 0.25) is 0 Å². The second-order valence-electron chi connectivity index (χ2n) is 6.42. The van der Waals surface area contributed by atoms with Gasteiger partial charge in [0.25, 0.3) is 5.91 Å². The van der Waals surface area contributed by atoms with Gasteiger partial charge in [-0.15, -0.1) is 12.4 Å². The Morgan fingerprint density at radius 1 is 1.20 bits per heavy atom. The van der Waals surface area contributed by atoms with Gasteiger partial charge in [-0.2, -0.15) is 0 Å². The number of hydrogen-bond donors (Lipinski definition) is 2. The van der Waals surface area contributed by atoms with Crippen molar-refractivity contribution in [3.8, 4) is 0 Å². The molecule has 1 aromatic rings. The van der Waals surface area contributed by atoms with E-state index < -0.39 is 5.54 Å². The standard InChI is InChI=1S/C17H21Cl2N3O2.ClH/c18-13-6-3-5-12(14(13)19)11-20-9-4-10-22-15(23)17(21-16(22)24)7-1-2-8-17;/h3,5-6,20H,1-2,4,7-11H2,(H,21,24);1H. The molecule has 0 radical (unpaired) electrons. The van der Waals surface area contributed by atoms with Crippen LogP contribution in [0.25, 0.3) is 0 Å². The van der Waals surface area contributed by atoms with Crippen LogP contribution >= 0.6 is 35.6 Å². The number of hydrogen-bond acceptors (Lipinski definition) is 3. The second kappa shape index (κ2) is 8.58. The average molecular weight is 407 g/mol. The van der Waals surface area contributed by atoms with Gasteiger partial charge >= 0.3 is 6.03 Å². The number of nitrogens with one attached hydrogen (secondary N) is 2. The Bertz CT molecular complexity index is 648. The monoisotopic (exact) mass is 405 g/mol. The molecule has 3 amide bonds. The molecule has 1 spiro atoms. The van der Waals surface area contributed by atoms with Crippen molar-refractivity contribution in [2.75, 3.05) is 13.1 Å². The summed E-state index contributed by atoms with van der Waals surface area (Å²) >= 11 is 12.1. The van der Waals surface area contributed by atoms with Gasteiger partial charge in [0, 0.05) is 13.1 Å². The van der Waals surface area contributed by atoms with Crippen molar-refractivity contribution in [1.82, 2.24) is 15.5 Å². The second-order valence-corrected chi connectivity index (χ2v) is 7.20. The number of rotatable bonds is 6. The summed E-state index contributed by atoms with van der Waals surface area (Å²) in [6, 6.07) is 5.28. The fraction of sp³-hybridized carbons (Fsp3) is 0.529. The van der Waals surface area contributed by atoms with Gasteiger partial charge in [-0.3, -0.25) is 9.69 Å². The molecule has 1 saturated heterocycles. The molecule has 2 fully saturated rings. The van der Waals surface area contributed by atoms with E-state index in [1.165, 1.54) is 4.90 Å². The van der Waals surface area contributed by atoms with Gasteiger partial charge in [-0.05, 0) is 37.4 Å². The van der Waals surface area contributed by atoms with Crippen LogP contribution in [0.1, 0.15) is 37.7 Å². The fourth-order valence-electron chi connectivity index (χ4n) is 3.47. The van der Waals surface area contributed by atoms with Crippen LogP contribution in [0.2, 0.25) is 10.0 Å². The lowest BCUT2D eigenvalue weighted by atomic mass is 9.98. The van der Waals surface area contributed by atoms with E-state index in [0.717, 1.165) is 31.2 Å².